The Morgan fingerprint density at radius 2 is 1.86 bits per heavy atom. The molecule has 176 valence electrons. The molecule has 1 unspecified atom stereocenters. The zero-order valence-electron chi connectivity index (χ0n) is 19.1. The summed E-state index contributed by atoms with van der Waals surface area (Å²) in [4.78, 5) is 28.2. The first-order valence-corrected chi connectivity index (χ1v) is 11.4. The smallest absolute Gasteiger partial charge is 0.296 e. The maximum Gasteiger partial charge on any atom is 0.296 e. The highest BCUT2D eigenvalue weighted by Gasteiger charge is 2.47. The van der Waals surface area contributed by atoms with E-state index in [4.69, 9.17) is 20.8 Å². The fraction of sp³-hybridized carbons (Fsp3) is 0.143. The molecule has 1 aromatic heterocycles. The van der Waals surface area contributed by atoms with Crippen LogP contribution in [0.4, 0.5) is 0 Å². The molecule has 3 aromatic carbocycles. The highest BCUT2D eigenvalue weighted by atomic mass is 35.5. The number of hydrogen-bond acceptors (Lipinski definition) is 5. The van der Waals surface area contributed by atoms with Crippen molar-refractivity contribution in [1.82, 2.24) is 4.90 Å². The third-order valence-electron chi connectivity index (χ3n) is 6.21. The lowest BCUT2D eigenvalue weighted by atomic mass is 9.91. The summed E-state index contributed by atoms with van der Waals surface area (Å²) >= 11 is 6.37. The summed E-state index contributed by atoms with van der Waals surface area (Å²) < 4.78 is 10.9. The number of rotatable bonds is 5. The second-order valence-electron chi connectivity index (χ2n) is 8.40. The minimum atomic E-state index is -0.852. The molecule has 0 bridgehead atoms. The summed E-state index contributed by atoms with van der Waals surface area (Å²) in [5, 5.41) is 13.6. The van der Waals surface area contributed by atoms with Gasteiger partial charge in [0, 0.05) is 0 Å². The van der Waals surface area contributed by atoms with Gasteiger partial charge in [0.15, 0.2) is 0 Å². The number of ether oxygens (including phenoxy) is 1. The second kappa shape index (κ2) is 8.96. The van der Waals surface area contributed by atoms with Gasteiger partial charge in [-0.15, -0.1) is 0 Å². The highest BCUT2D eigenvalue weighted by molar-refractivity contribution is 6.46. The largest absolute Gasteiger partial charge is 0.507 e. The quantitative estimate of drug-likeness (QED) is 0.211. The van der Waals surface area contributed by atoms with Gasteiger partial charge in [-0.3, -0.25) is 9.59 Å². The van der Waals surface area contributed by atoms with E-state index in [1.807, 2.05) is 49.4 Å². The molecule has 2 heterocycles. The van der Waals surface area contributed by atoms with Crippen molar-refractivity contribution in [2.45, 2.75) is 19.5 Å². The van der Waals surface area contributed by atoms with Crippen LogP contribution >= 0.6 is 11.6 Å². The third-order valence-corrected chi connectivity index (χ3v) is 6.49. The van der Waals surface area contributed by atoms with Crippen molar-refractivity contribution in [3.8, 4) is 5.75 Å². The SMILES string of the molecule is COc1c(Cl)cc(C)cc1/C(O)=C1\C(=O)C(=O)N(Cc2ccco2)C1c1cccc2ccccc12. The molecule has 1 N–H and O–H groups in total. The Balaban J connectivity index is 1.79. The molecule has 0 saturated carbocycles. The molecular weight excluding hydrogens is 466 g/mol. The van der Waals surface area contributed by atoms with Crippen LogP contribution in [0.2, 0.25) is 5.02 Å². The van der Waals surface area contributed by atoms with E-state index in [1.54, 1.807) is 24.3 Å². The van der Waals surface area contributed by atoms with Crippen LogP contribution in [-0.4, -0.2) is 28.8 Å². The number of aliphatic hydroxyl groups is 1. The van der Waals surface area contributed by atoms with Crippen LogP contribution in [0.3, 0.4) is 0 Å². The number of benzene rings is 3. The average molecular weight is 488 g/mol. The number of fused-ring (bicyclic) bond motifs is 1. The molecule has 7 heteroatoms. The number of carbonyl (C=O) groups is 2. The Labute approximate surface area is 207 Å². The molecule has 1 aliphatic rings. The number of aliphatic hydroxyl groups excluding tert-OH is 1. The normalized spacial score (nSPS) is 17.3. The molecule has 6 nitrogen and oxygen atoms in total. The summed E-state index contributed by atoms with van der Waals surface area (Å²) in [5.74, 6) is -1.10. The molecule has 1 atom stereocenters. The molecule has 1 saturated heterocycles. The fourth-order valence-corrected chi connectivity index (χ4v) is 5.03. The van der Waals surface area contributed by atoms with Crippen LogP contribution in [0.25, 0.3) is 16.5 Å². The van der Waals surface area contributed by atoms with E-state index in [0.717, 1.165) is 16.3 Å². The lowest BCUT2D eigenvalue weighted by molar-refractivity contribution is -0.140. The monoisotopic (exact) mass is 487 g/mol. The number of nitrogens with zero attached hydrogens (tertiary/aromatic N) is 1. The van der Waals surface area contributed by atoms with Crippen molar-refractivity contribution in [3.63, 3.8) is 0 Å². The first kappa shape index (κ1) is 22.7. The zero-order chi connectivity index (χ0) is 24.7. The van der Waals surface area contributed by atoms with Crippen LogP contribution in [0.1, 0.15) is 28.5 Å². The Bertz CT molecular complexity index is 1480. The Hall–Kier alpha value is -4.03. The van der Waals surface area contributed by atoms with Crippen molar-refractivity contribution >= 4 is 39.8 Å². The van der Waals surface area contributed by atoms with Crippen LogP contribution < -0.4 is 4.74 Å². The van der Waals surface area contributed by atoms with E-state index in [2.05, 4.69) is 0 Å². The molecular formula is C28H22ClNO5. The van der Waals surface area contributed by atoms with E-state index < -0.39 is 17.7 Å². The van der Waals surface area contributed by atoms with Gasteiger partial charge in [0.25, 0.3) is 11.7 Å². The van der Waals surface area contributed by atoms with Crippen LogP contribution in [0, 0.1) is 6.92 Å². The molecule has 1 fully saturated rings. The van der Waals surface area contributed by atoms with Crippen molar-refractivity contribution in [3.05, 3.63) is 106 Å². The van der Waals surface area contributed by atoms with E-state index >= 15 is 0 Å². The second-order valence-corrected chi connectivity index (χ2v) is 8.81. The molecule has 35 heavy (non-hydrogen) atoms. The Morgan fingerprint density at radius 1 is 1.09 bits per heavy atom. The summed E-state index contributed by atoms with van der Waals surface area (Å²) in [6, 6.07) is 19.4. The lowest BCUT2D eigenvalue weighted by Crippen LogP contribution is -2.29. The van der Waals surface area contributed by atoms with Gasteiger partial charge in [0.05, 0.1) is 42.1 Å². The van der Waals surface area contributed by atoms with Gasteiger partial charge in [-0.25, -0.2) is 0 Å². The van der Waals surface area contributed by atoms with Crippen molar-refractivity contribution < 1.29 is 23.8 Å². The zero-order valence-corrected chi connectivity index (χ0v) is 19.9. The number of methoxy groups -OCH3 is 1. The van der Waals surface area contributed by atoms with Gasteiger partial charge in [-0.2, -0.15) is 0 Å². The Morgan fingerprint density at radius 3 is 2.60 bits per heavy atom. The number of carbonyl (C=O) groups excluding carboxylic acids is 2. The minimum absolute atomic E-state index is 0.0297. The van der Waals surface area contributed by atoms with Crippen LogP contribution in [0.15, 0.2) is 83.0 Å². The number of likely N-dealkylation sites (tertiary alicyclic amines) is 1. The van der Waals surface area contributed by atoms with E-state index in [-0.39, 0.29) is 29.2 Å². The summed E-state index contributed by atoms with van der Waals surface area (Å²) in [6.45, 7) is 1.88. The fourth-order valence-electron chi connectivity index (χ4n) is 4.68. The number of aryl methyl sites for hydroxylation is 1. The maximum absolute atomic E-state index is 13.4. The molecule has 1 amide bonds. The maximum atomic E-state index is 13.4. The average Bonchev–Trinajstić information content (AvgIpc) is 3.45. The lowest BCUT2D eigenvalue weighted by Gasteiger charge is -2.26. The number of Topliss-reactive ketones (excluding diaryl/α,β-unsaturated/α-hetero) is 1. The molecule has 0 spiro atoms. The van der Waals surface area contributed by atoms with E-state index in [0.29, 0.717) is 16.3 Å². The molecule has 5 rings (SSSR count). The van der Waals surface area contributed by atoms with Crippen LogP contribution in [0.5, 0.6) is 5.75 Å². The number of amides is 1. The van der Waals surface area contributed by atoms with E-state index in [1.165, 1.54) is 18.3 Å². The number of ketones is 1. The predicted molar refractivity (Wildman–Crippen MR) is 133 cm³/mol. The summed E-state index contributed by atoms with van der Waals surface area (Å²) in [7, 11) is 1.44. The summed E-state index contributed by atoms with van der Waals surface area (Å²) in [5.41, 5.74) is 1.70. The molecule has 0 aliphatic carbocycles. The molecule has 4 aromatic rings. The number of furan rings is 1. The first-order valence-electron chi connectivity index (χ1n) is 11.0. The third kappa shape index (κ3) is 3.86. The van der Waals surface area contributed by atoms with Crippen molar-refractivity contribution in [1.29, 1.82) is 0 Å². The topological polar surface area (TPSA) is 80.0 Å². The van der Waals surface area contributed by atoms with Gasteiger partial charge in [-0.1, -0.05) is 54.1 Å². The number of halogens is 1. The first-order chi connectivity index (χ1) is 16.9. The van der Waals surface area contributed by atoms with Gasteiger partial charge in [0.2, 0.25) is 0 Å². The Kier molecular flexibility index (Phi) is 5.83. The minimum Gasteiger partial charge on any atom is -0.507 e. The molecule has 1 aliphatic heterocycles. The standard InChI is InChI=1S/C28H22ClNO5/c1-16-13-21(27(34-2)22(29)14-16)25(31)23-24(20-11-5-8-17-7-3-4-10-19(17)20)30(28(33)26(23)32)15-18-9-6-12-35-18/h3-14,24,31H,15H2,1-2H3/b25-23+. The van der Waals surface area contributed by atoms with Gasteiger partial charge in [0.1, 0.15) is 17.3 Å². The van der Waals surface area contributed by atoms with Crippen molar-refractivity contribution in [2.24, 2.45) is 0 Å². The predicted octanol–water partition coefficient (Wildman–Crippen LogP) is 6.03. The van der Waals surface area contributed by atoms with Gasteiger partial charge < -0.3 is 19.2 Å². The van der Waals surface area contributed by atoms with Gasteiger partial charge in [-0.05, 0) is 53.1 Å². The van der Waals surface area contributed by atoms with Crippen molar-refractivity contribution in [2.75, 3.05) is 7.11 Å². The van der Waals surface area contributed by atoms with Crippen LogP contribution in [-0.2, 0) is 16.1 Å². The number of hydrogen-bond donors (Lipinski definition) is 1. The van der Waals surface area contributed by atoms with E-state index in [9.17, 15) is 14.7 Å². The summed E-state index contributed by atoms with van der Waals surface area (Å²) in [6.07, 6.45) is 1.51. The highest BCUT2D eigenvalue weighted by Crippen LogP contribution is 2.44. The molecule has 0 radical (unpaired) electrons. The van der Waals surface area contributed by atoms with Gasteiger partial charge >= 0.3 is 0 Å².